The van der Waals surface area contributed by atoms with Gasteiger partial charge >= 0.3 is 5.97 Å². The van der Waals surface area contributed by atoms with Gasteiger partial charge in [-0.3, -0.25) is 4.79 Å². The summed E-state index contributed by atoms with van der Waals surface area (Å²) in [5, 5.41) is 0. The Morgan fingerprint density at radius 3 is 2.48 bits per heavy atom. The maximum atomic E-state index is 12.6. The first-order valence-electron chi connectivity index (χ1n) is 8.63. The minimum absolute atomic E-state index is 0.179. The molecule has 3 rings (SSSR count). The summed E-state index contributed by atoms with van der Waals surface area (Å²) >= 11 is 0. The normalized spacial score (nSPS) is 13.9. The summed E-state index contributed by atoms with van der Waals surface area (Å²) in [5.41, 5.74) is 1.38. The van der Waals surface area contributed by atoms with Gasteiger partial charge in [-0.15, -0.1) is 0 Å². The quantitative estimate of drug-likeness (QED) is 0.569. The fourth-order valence-electron chi connectivity index (χ4n) is 2.74. The van der Waals surface area contributed by atoms with E-state index >= 15 is 0 Å². The number of fused-ring (bicyclic) bond motifs is 1. The lowest BCUT2D eigenvalue weighted by Gasteiger charge is -2.11. The maximum Gasteiger partial charge on any atom is 0.337 e. The summed E-state index contributed by atoms with van der Waals surface area (Å²) in [6, 6.07) is 10.0. The molecule has 0 atom stereocenters. The van der Waals surface area contributed by atoms with Crippen molar-refractivity contribution in [2.45, 2.75) is 13.8 Å². The van der Waals surface area contributed by atoms with Crippen molar-refractivity contribution in [2.24, 2.45) is 0 Å². The number of esters is 1. The van der Waals surface area contributed by atoms with Crippen LogP contribution in [0, 0.1) is 0 Å². The van der Waals surface area contributed by atoms with Crippen LogP contribution in [-0.4, -0.2) is 32.1 Å². The number of hydrogen-bond donors (Lipinski definition) is 0. The Labute approximate surface area is 157 Å². The molecular formula is C21H20O6. The van der Waals surface area contributed by atoms with E-state index in [0.29, 0.717) is 41.6 Å². The van der Waals surface area contributed by atoms with Gasteiger partial charge < -0.3 is 18.9 Å². The Bertz CT molecular complexity index is 913. The molecule has 0 saturated carbocycles. The van der Waals surface area contributed by atoms with Gasteiger partial charge in [-0.25, -0.2) is 4.79 Å². The number of carbonyl (C=O) groups is 2. The van der Waals surface area contributed by atoms with Crippen molar-refractivity contribution in [1.82, 2.24) is 0 Å². The van der Waals surface area contributed by atoms with Crippen LogP contribution in [0.15, 0.2) is 42.2 Å². The van der Waals surface area contributed by atoms with Crippen LogP contribution in [-0.2, 0) is 4.74 Å². The predicted molar refractivity (Wildman–Crippen MR) is 99.5 cm³/mol. The van der Waals surface area contributed by atoms with Crippen LogP contribution in [0.2, 0.25) is 0 Å². The van der Waals surface area contributed by atoms with Gasteiger partial charge in [-0.05, 0) is 55.8 Å². The van der Waals surface area contributed by atoms with Gasteiger partial charge in [-0.1, -0.05) is 6.07 Å². The molecule has 0 radical (unpaired) electrons. The number of hydrogen-bond acceptors (Lipinski definition) is 6. The van der Waals surface area contributed by atoms with Gasteiger partial charge in [-0.2, -0.15) is 0 Å². The lowest BCUT2D eigenvalue weighted by molar-refractivity contribution is 0.0600. The van der Waals surface area contributed by atoms with Crippen LogP contribution in [0.1, 0.15) is 40.1 Å². The second-order valence-electron chi connectivity index (χ2n) is 5.71. The van der Waals surface area contributed by atoms with Gasteiger partial charge in [0.2, 0.25) is 5.78 Å². The number of ether oxygens (including phenoxy) is 4. The number of allylic oxidation sites excluding steroid dienone is 1. The molecule has 0 fully saturated rings. The molecule has 0 aliphatic carbocycles. The topological polar surface area (TPSA) is 71.1 Å². The van der Waals surface area contributed by atoms with E-state index in [1.807, 2.05) is 19.9 Å². The summed E-state index contributed by atoms with van der Waals surface area (Å²) in [5.74, 6) is 1.04. The second-order valence-corrected chi connectivity index (χ2v) is 5.71. The molecule has 2 aromatic rings. The standard InChI is InChI=1S/C21H20O6/c1-4-25-17-8-6-13(10-18(17)26-5-2)11-19-20(22)15-12-14(21(23)24-3)7-9-16(15)27-19/h6-12H,4-5H2,1-3H3/b19-11-. The predicted octanol–water partition coefficient (Wildman–Crippen LogP) is 3.89. The first-order chi connectivity index (χ1) is 13.1. The van der Waals surface area contributed by atoms with Crippen molar-refractivity contribution in [3.63, 3.8) is 0 Å². The van der Waals surface area contributed by atoms with Crippen molar-refractivity contribution < 1.29 is 28.5 Å². The highest BCUT2D eigenvalue weighted by Crippen LogP contribution is 2.34. The highest BCUT2D eigenvalue weighted by Gasteiger charge is 2.28. The van der Waals surface area contributed by atoms with Gasteiger partial charge in [0.15, 0.2) is 17.3 Å². The van der Waals surface area contributed by atoms with E-state index in [-0.39, 0.29) is 11.5 Å². The molecule has 6 nitrogen and oxygen atoms in total. The lowest BCUT2D eigenvalue weighted by Crippen LogP contribution is -2.03. The third kappa shape index (κ3) is 3.79. The molecule has 0 N–H and O–H groups in total. The highest BCUT2D eigenvalue weighted by molar-refractivity contribution is 6.15. The molecule has 0 unspecified atom stereocenters. The smallest absolute Gasteiger partial charge is 0.337 e. The van der Waals surface area contributed by atoms with Crippen LogP contribution in [0.5, 0.6) is 17.2 Å². The second kappa shape index (κ2) is 7.95. The zero-order chi connectivity index (χ0) is 19.4. The van der Waals surface area contributed by atoms with E-state index in [1.54, 1.807) is 30.3 Å². The molecule has 0 saturated heterocycles. The number of carbonyl (C=O) groups excluding carboxylic acids is 2. The van der Waals surface area contributed by atoms with Gasteiger partial charge in [0, 0.05) is 0 Å². The number of benzene rings is 2. The maximum absolute atomic E-state index is 12.6. The zero-order valence-corrected chi connectivity index (χ0v) is 15.4. The molecule has 0 aromatic heterocycles. The number of rotatable bonds is 6. The van der Waals surface area contributed by atoms with Crippen LogP contribution < -0.4 is 14.2 Å². The van der Waals surface area contributed by atoms with E-state index in [4.69, 9.17) is 14.2 Å². The minimum Gasteiger partial charge on any atom is -0.490 e. The molecule has 2 aromatic carbocycles. The summed E-state index contributed by atoms with van der Waals surface area (Å²) in [4.78, 5) is 24.3. The van der Waals surface area contributed by atoms with Crippen molar-refractivity contribution in [3.05, 3.63) is 58.8 Å². The van der Waals surface area contributed by atoms with E-state index in [9.17, 15) is 9.59 Å². The van der Waals surface area contributed by atoms with E-state index in [1.165, 1.54) is 13.2 Å². The number of methoxy groups -OCH3 is 1. The molecule has 1 aliphatic rings. The average molecular weight is 368 g/mol. The fourth-order valence-corrected chi connectivity index (χ4v) is 2.74. The summed E-state index contributed by atoms with van der Waals surface area (Å²) in [6.45, 7) is 4.81. The molecule has 140 valence electrons. The van der Waals surface area contributed by atoms with Gasteiger partial charge in [0.25, 0.3) is 0 Å². The molecule has 1 heterocycles. The Hall–Kier alpha value is -3.28. The third-order valence-corrected chi connectivity index (χ3v) is 3.95. The Morgan fingerprint density at radius 2 is 1.78 bits per heavy atom. The van der Waals surface area contributed by atoms with Crippen molar-refractivity contribution >= 4 is 17.8 Å². The van der Waals surface area contributed by atoms with Crippen LogP contribution >= 0.6 is 0 Å². The van der Waals surface area contributed by atoms with E-state index in [2.05, 4.69) is 4.74 Å². The van der Waals surface area contributed by atoms with Gasteiger partial charge in [0.1, 0.15) is 5.75 Å². The molecule has 0 bridgehead atoms. The van der Waals surface area contributed by atoms with Crippen LogP contribution in [0.3, 0.4) is 0 Å². The Balaban J connectivity index is 1.91. The SMILES string of the molecule is CCOc1ccc(/C=C2\Oc3ccc(C(=O)OC)cc3C2=O)cc1OCC. The van der Waals surface area contributed by atoms with Crippen LogP contribution in [0.4, 0.5) is 0 Å². The Morgan fingerprint density at radius 1 is 1.04 bits per heavy atom. The average Bonchev–Trinajstić information content (AvgIpc) is 2.98. The first-order valence-corrected chi connectivity index (χ1v) is 8.63. The molecule has 0 amide bonds. The summed E-state index contributed by atoms with van der Waals surface area (Å²) < 4.78 is 21.5. The summed E-state index contributed by atoms with van der Waals surface area (Å²) in [6.07, 6.45) is 1.64. The van der Waals surface area contributed by atoms with Gasteiger partial charge in [0.05, 0.1) is 31.5 Å². The fraction of sp³-hybridized carbons (Fsp3) is 0.238. The van der Waals surface area contributed by atoms with E-state index in [0.717, 1.165) is 5.56 Å². The van der Waals surface area contributed by atoms with Crippen molar-refractivity contribution in [1.29, 1.82) is 0 Å². The molecular weight excluding hydrogens is 348 g/mol. The molecule has 1 aliphatic heterocycles. The van der Waals surface area contributed by atoms with Crippen molar-refractivity contribution in [3.8, 4) is 17.2 Å². The molecule has 27 heavy (non-hydrogen) atoms. The minimum atomic E-state index is -0.504. The Kier molecular flexibility index (Phi) is 5.45. The number of ketones is 1. The third-order valence-electron chi connectivity index (χ3n) is 3.95. The zero-order valence-electron chi connectivity index (χ0n) is 15.4. The van der Waals surface area contributed by atoms with E-state index < -0.39 is 5.97 Å². The monoisotopic (exact) mass is 368 g/mol. The lowest BCUT2D eigenvalue weighted by atomic mass is 10.1. The van der Waals surface area contributed by atoms with Crippen LogP contribution in [0.25, 0.3) is 6.08 Å². The number of Topliss-reactive ketones (excluding diaryl/α,β-unsaturated/α-hetero) is 1. The first kappa shape index (κ1) is 18.5. The molecule has 0 spiro atoms. The highest BCUT2D eigenvalue weighted by atomic mass is 16.5. The largest absolute Gasteiger partial charge is 0.490 e. The summed E-state index contributed by atoms with van der Waals surface area (Å²) in [7, 11) is 1.29. The molecule has 6 heteroatoms. The van der Waals surface area contributed by atoms with Crippen molar-refractivity contribution in [2.75, 3.05) is 20.3 Å².